The lowest BCUT2D eigenvalue weighted by atomic mass is 9.59. The quantitative estimate of drug-likeness (QED) is 0.471. The Morgan fingerprint density at radius 1 is 1.00 bits per heavy atom. The molecule has 1 aliphatic heterocycles. The van der Waals surface area contributed by atoms with Crippen LogP contribution in [0.1, 0.15) is 68.1 Å². The van der Waals surface area contributed by atoms with E-state index in [9.17, 15) is 13.2 Å². The van der Waals surface area contributed by atoms with Crippen molar-refractivity contribution in [1.29, 1.82) is 0 Å². The summed E-state index contributed by atoms with van der Waals surface area (Å²) in [6, 6.07) is 15.4. The van der Waals surface area contributed by atoms with Crippen molar-refractivity contribution < 1.29 is 22.7 Å². The highest BCUT2D eigenvalue weighted by Gasteiger charge is 2.44. The highest BCUT2D eigenvalue weighted by Crippen LogP contribution is 2.49. The molecule has 2 unspecified atom stereocenters. The zero-order valence-electron chi connectivity index (χ0n) is 20.2. The molecule has 0 bridgehead atoms. The Bertz CT molecular complexity index is 1060. The van der Waals surface area contributed by atoms with Crippen molar-refractivity contribution in [2.24, 2.45) is 5.92 Å². The van der Waals surface area contributed by atoms with Gasteiger partial charge in [0.25, 0.3) is 0 Å². The van der Waals surface area contributed by atoms with E-state index >= 15 is 0 Å². The lowest BCUT2D eigenvalue weighted by Gasteiger charge is -2.45. The predicted molar refractivity (Wildman–Crippen MR) is 133 cm³/mol. The van der Waals surface area contributed by atoms with Gasteiger partial charge in [0.1, 0.15) is 6.29 Å². The van der Waals surface area contributed by atoms with Crippen LogP contribution in [0.4, 0.5) is 0 Å². The van der Waals surface area contributed by atoms with E-state index in [1.807, 2.05) is 24.3 Å². The highest BCUT2D eigenvalue weighted by atomic mass is 32.2. The van der Waals surface area contributed by atoms with E-state index in [2.05, 4.69) is 19.1 Å². The molecule has 1 heterocycles. The van der Waals surface area contributed by atoms with Crippen LogP contribution in [0.5, 0.6) is 0 Å². The maximum absolute atomic E-state index is 12.1. The normalized spacial score (nSPS) is 25.4. The molecule has 2 atom stereocenters. The molecular weight excluding hydrogens is 448 g/mol. The van der Waals surface area contributed by atoms with Gasteiger partial charge in [-0.05, 0) is 86.6 Å². The maximum atomic E-state index is 12.1. The van der Waals surface area contributed by atoms with E-state index in [1.54, 1.807) is 12.1 Å². The number of sulfone groups is 1. The Balaban J connectivity index is 1.67. The minimum atomic E-state index is -3.29. The van der Waals surface area contributed by atoms with Crippen LogP contribution in [0.15, 0.2) is 53.4 Å². The molecule has 1 aliphatic carbocycles. The second-order valence-electron chi connectivity index (χ2n) is 9.86. The van der Waals surface area contributed by atoms with Gasteiger partial charge in [0.05, 0.1) is 11.0 Å². The SMILES string of the molecule is Cc1ccccc1C(CC=O)(c1ccc(S(C)(=O)=O)cc1)C1CCC(OC2CCCCO2)CC1. The van der Waals surface area contributed by atoms with Crippen molar-refractivity contribution in [3.8, 4) is 0 Å². The Kier molecular flexibility index (Phi) is 7.90. The monoisotopic (exact) mass is 484 g/mol. The molecule has 2 aromatic rings. The molecule has 0 amide bonds. The van der Waals surface area contributed by atoms with E-state index < -0.39 is 15.3 Å². The minimum Gasteiger partial charge on any atom is -0.353 e. The summed E-state index contributed by atoms with van der Waals surface area (Å²) in [4.78, 5) is 12.4. The second-order valence-corrected chi connectivity index (χ2v) is 11.9. The number of hydrogen-bond acceptors (Lipinski definition) is 5. The second kappa shape index (κ2) is 10.7. The van der Waals surface area contributed by atoms with Gasteiger partial charge in [-0.2, -0.15) is 0 Å². The average Bonchev–Trinajstić information content (AvgIpc) is 2.84. The molecule has 0 radical (unpaired) electrons. The van der Waals surface area contributed by atoms with E-state index in [0.717, 1.165) is 74.5 Å². The number of aryl methyl sites for hydroxylation is 1. The molecular formula is C28H36O5S. The minimum absolute atomic E-state index is 0.0880. The molecule has 0 N–H and O–H groups in total. The fourth-order valence-corrected chi connectivity index (χ4v) is 6.57. The average molecular weight is 485 g/mol. The van der Waals surface area contributed by atoms with Crippen LogP contribution in [-0.4, -0.2) is 40.0 Å². The Morgan fingerprint density at radius 3 is 2.29 bits per heavy atom. The van der Waals surface area contributed by atoms with Crippen LogP contribution >= 0.6 is 0 Å². The third-order valence-electron chi connectivity index (χ3n) is 7.68. The van der Waals surface area contributed by atoms with Crippen LogP contribution in [0.2, 0.25) is 0 Å². The molecule has 2 fully saturated rings. The summed E-state index contributed by atoms with van der Waals surface area (Å²) in [6.45, 7) is 2.87. The van der Waals surface area contributed by atoms with Crippen molar-refractivity contribution in [3.63, 3.8) is 0 Å². The molecule has 0 spiro atoms. The molecule has 1 saturated heterocycles. The maximum Gasteiger partial charge on any atom is 0.175 e. The molecule has 2 aliphatic rings. The van der Waals surface area contributed by atoms with Crippen molar-refractivity contribution >= 4 is 16.1 Å². The first kappa shape index (κ1) is 25.1. The Morgan fingerprint density at radius 2 is 1.71 bits per heavy atom. The standard InChI is InChI=1S/C28H36O5S/c1-21-7-3-4-8-26(21)28(18-19-29,23-12-16-25(17-13-23)34(2,30)31)22-10-14-24(15-11-22)33-27-9-5-6-20-32-27/h3-4,7-8,12-13,16-17,19,22,24,27H,5-6,9-11,14-15,18,20H2,1-2H3. The first-order valence-corrected chi connectivity index (χ1v) is 14.3. The summed E-state index contributed by atoms with van der Waals surface area (Å²) in [5.74, 6) is 0.245. The third-order valence-corrected chi connectivity index (χ3v) is 8.81. The summed E-state index contributed by atoms with van der Waals surface area (Å²) >= 11 is 0. The van der Waals surface area contributed by atoms with Gasteiger partial charge < -0.3 is 14.3 Å². The summed E-state index contributed by atoms with van der Waals surface area (Å²) in [7, 11) is -3.29. The molecule has 34 heavy (non-hydrogen) atoms. The van der Waals surface area contributed by atoms with E-state index in [4.69, 9.17) is 9.47 Å². The van der Waals surface area contributed by atoms with Gasteiger partial charge >= 0.3 is 0 Å². The lowest BCUT2D eigenvalue weighted by Crippen LogP contribution is -2.41. The van der Waals surface area contributed by atoms with Gasteiger partial charge in [-0.1, -0.05) is 36.4 Å². The summed E-state index contributed by atoms with van der Waals surface area (Å²) in [5, 5.41) is 0. The van der Waals surface area contributed by atoms with Gasteiger partial charge in [-0.3, -0.25) is 0 Å². The molecule has 1 saturated carbocycles. The van der Waals surface area contributed by atoms with E-state index in [-0.39, 0.29) is 18.3 Å². The number of hydrogen-bond donors (Lipinski definition) is 0. The molecule has 2 aromatic carbocycles. The molecule has 184 valence electrons. The summed E-state index contributed by atoms with van der Waals surface area (Å²) in [5.41, 5.74) is 2.79. The zero-order chi connectivity index (χ0) is 24.2. The van der Waals surface area contributed by atoms with Gasteiger partial charge in [0.15, 0.2) is 16.1 Å². The fraction of sp³-hybridized carbons (Fsp3) is 0.536. The van der Waals surface area contributed by atoms with Gasteiger partial charge in [-0.15, -0.1) is 0 Å². The van der Waals surface area contributed by atoms with Crippen LogP contribution < -0.4 is 0 Å². The number of rotatable bonds is 8. The van der Waals surface area contributed by atoms with Crippen LogP contribution in [0.25, 0.3) is 0 Å². The van der Waals surface area contributed by atoms with Gasteiger partial charge in [0.2, 0.25) is 0 Å². The topological polar surface area (TPSA) is 69.7 Å². The number of ether oxygens (including phenoxy) is 2. The third kappa shape index (κ3) is 5.29. The molecule has 6 heteroatoms. The van der Waals surface area contributed by atoms with Crippen LogP contribution in [0, 0.1) is 12.8 Å². The van der Waals surface area contributed by atoms with E-state index in [1.165, 1.54) is 6.26 Å². The number of benzene rings is 2. The number of carbonyl (C=O) groups is 1. The van der Waals surface area contributed by atoms with Crippen molar-refractivity contribution in [1.82, 2.24) is 0 Å². The van der Waals surface area contributed by atoms with Crippen molar-refractivity contribution in [3.05, 3.63) is 65.2 Å². The summed E-state index contributed by atoms with van der Waals surface area (Å²) < 4.78 is 36.2. The number of aldehydes is 1. The Hall–Kier alpha value is -2.02. The largest absolute Gasteiger partial charge is 0.353 e. The smallest absolute Gasteiger partial charge is 0.175 e. The highest BCUT2D eigenvalue weighted by molar-refractivity contribution is 7.90. The first-order valence-electron chi connectivity index (χ1n) is 12.4. The fourth-order valence-electron chi connectivity index (χ4n) is 5.93. The van der Waals surface area contributed by atoms with Crippen molar-refractivity contribution in [2.75, 3.05) is 12.9 Å². The predicted octanol–water partition coefficient (Wildman–Crippen LogP) is 5.38. The zero-order valence-corrected chi connectivity index (χ0v) is 21.1. The molecule has 5 nitrogen and oxygen atoms in total. The van der Waals surface area contributed by atoms with Gasteiger partial charge in [-0.25, -0.2) is 8.42 Å². The van der Waals surface area contributed by atoms with Gasteiger partial charge in [0, 0.05) is 24.7 Å². The molecule has 4 rings (SSSR count). The van der Waals surface area contributed by atoms with Crippen LogP contribution in [-0.2, 0) is 29.5 Å². The van der Waals surface area contributed by atoms with Crippen LogP contribution in [0.3, 0.4) is 0 Å². The van der Waals surface area contributed by atoms with E-state index in [0.29, 0.717) is 11.3 Å². The lowest BCUT2D eigenvalue weighted by molar-refractivity contribution is -0.195. The van der Waals surface area contributed by atoms with Crippen molar-refractivity contribution in [2.45, 2.75) is 81.0 Å². The Labute approximate surface area is 203 Å². The number of carbonyl (C=O) groups excluding carboxylic acids is 1. The summed E-state index contributed by atoms with van der Waals surface area (Å²) in [6.07, 6.45) is 9.65. The molecule has 0 aromatic heterocycles. The first-order chi connectivity index (χ1) is 16.3.